The molecule has 0 saturated heterocycles. The minimum absolute atomic E-state index is 0.108. The average molecular weight is 494 g/mol. The Morgan fingerprint density at radius 1 is 0.629 bits per heavy atom. The molecule has 0 aliphatic heterocycles. The zero-order valence-electron chi connectivity index (χ0n) is 18.7. The maximum Gasteiger partial charge on any atom is 0.416 e. The monoisotopic (exact) mass is 494 g/mol. The van der Waals surface area contributed by atoms with Crippen molar-refractivity contribution >= 4 is 50.6 Å². The summed E-state index contributed by atoms with van der Waals surface area (Å²) in [5.74, 6) is -1.48. The molecule has 0 amide bonds. The molecule has 0 saturated carbocycles. The molecule has 5 aromatic rings. The van der Waals surface area contributed by atoms with E-state index in [2.05, 4.69) is 6.30 Å². The van der Waals surface area contributed by atoms with Crippen molar-refractivity contribution in [3.05, 3.63) is 114 Å². The van der Waals surface area contributed by atoms with Gasteiger partial charge < -0.3 is 0 Å². The first-order valence-electron chi connectivity index (χ1n) is 10.9. The fourth-order valence-corrected chi connectivity index (χ4v) is 8.04. The van der Waals surface area contributed by atoms with Gasteiger partial charge in [-0.3, -0.25) is 0 Å². The second-order valence-electron chi connectivity index (χ2n) is 8.59. The molecular weight excluding hydrogens is 474 g/mol. The fourth-order valence-electron chi connectivity index (χ4n) is 4.64. The van der Waals surface area contributed by atoms with Gasteiger partial charge in [0.15, 0.2) is 0 Å². The van der Waals surface area contributed by atoms with Gasteiger partial charge >= 0.3 is 6.18 Å². The van der Waals surface area contributed by atoms with Crippen LogP contribution in [0.25, 0.3) is 21.5 Å². The molecule has 0 N–H and O–H groups in total. The van der Waals surface area contributed by atoms with Crippen LogP contribution in [0.4, 0.5) is 22.0 Å². The van der Waals surface area contributed by atoms with Crippen LogP contribution in [-0.4, -0.2) is 6.30 Å². The maximum atomic E-state index is 15.5. The smallest absolute Gasteiger partial charge is 0.206 e. The fraction of sp³-hybridized carbons (Fsp3) is 0.0690. The third-order valence-corrected chi connectivity index (χ3v) is 9.88. The summed E-state index contributed by atoms with van der Waals surface area (Å²) in [6.07, 6.45) is -0.304. The second-order valence-corrected chi connectivity index (χ2v) is 11.7. The highest BCUT2D eigenvalue weighted by Crippen LogP contribution is 2.47. The van der Waals surface area contributed by atoms with Crippen LogP contribution in [0.15, 0.2) is 91.0 Å². The Kier molecular flexibility index (Phi) is 5.56. The minimum Gasteiger partial charge on any atom is -0.206 e. The lowest BCUT2D eigenvalue weighted by Crippen LogP contribution is -2.31. The number of fused-ring (bicyclic) bond motifs is 3. The predicted octanol–water partition coefficient (Wildman–Crippen LogP) is 7.32. The van der Waals surface area contributed by atoms with Gasteiger partial charge in [0.1, 0.15) is 11.6 Å². The summed E-state index contributed by atoms with van der Waals surface area (Å²) in [6.45, 7) is -1.72. The normalized spacial score (nSPS) is 13.8. The van der Waals surface area contributed by atoms with Gasteiger partial charge in [-0.2, -0.15) is 13.2 Å². The van der Waals surface area contributed by atoms with Gasteiger partial charge in [-0.25, -0.2) is 8.78 Å². The van der Waals surface area contributed by atoms with E-state index >= 15 is 8.78 Å². The van der Waals surface area contributed by atoms with E-state index in [1.165, 1.54) is 6.07 Å². The van der Waals surface area contributed by atoms with Crippen LogP contribution in [0.3, 0.4) is 0 Å². The molecule has 0 fully saturated rings. The number of hydrogen-bond acceptors (Lipinski definition) is 0. The maximum absolute atomic E-state index is 15.5. The summed E-state index contributed by atoms with van der Waals surface area (Å²) >= 11 is 0. The highest BCUT2D eigenvalue weighted by Gasteiger charge is 2.35. The van der Waals surface area contributed by atoms with E-state index in [-0.39, 0.29) is 10.6 Å². The molecule has 1 unspecified atom stereocenters. The lowest BCUT2D eigenvalue weighted by molar-refractivity contribution is -0.137. The molecule has 0 radical (unpaired) electrons. The van der Waals surface area contributed by atoms with Crippen LogP contribution >= 0.6 is 6.89 Å². The first-order valence-corrected chi connectivity index (χ1v) is 12.9. The number of benzene rings is 5. The highest BCUT2D eigenvalue weighted by atomic mass is 31.2. The quantitative estimate of drug-likeness (QED) is 0.140. The lowest BCUT2D eigenvalue weighted by Gasteiger charge is -2.30. The largest absolute Gasteiger partial charge is 0.416 e. The van der Waals surface area contributed by atoms with E-state index in [0.29, 0.717) is 22.3 Å². The van der Waals surface area contributed by atoms with Gasteiger partial charge in [-0.15, -0.1) is 0 Å². The molecule has 0 aromatic heterocycles. The molecule has 0 aliphatic rings. The van der Waals surface area contributed by atoms with Crippen molar-refractivity contribution in [2.75, 3.05) is 0 Å². The van der Waals surface area contributed by atoms with Crippen molar-refractivity contribution in [1.82, 2.24) is 0 Å². The highest BCUT2D eigenvalue weighted by molar-refractivity contribution is 7.93. The first kappa shape index (κ1) is 23.3. The summed E-state index contributed by atoms with van der Waals surface area (Å²) in [6, 6.07) is 23.5. The summed E-state index contributed by atoms with van der Waals surface area (Å²) in [5.41, 5.74) is -0.299. The molecule has 0 nitrogen and oxygen atoms in total. The molecular formula is C29H20F5P. The summed E-state index contributed by atoms with van der Waals surface area (Å²) in [5, 5.41) is 3.69. The van der Waals surface area contributed by atoms with Crippen molar-refractivity contribution in [2.45, 2.75) is 13.1 Å². The number of hydrogen-bond donors (Lipinski definition) is 0. The van der Waals surface area contributed by atoms with Crippen molar-refractivity contribution < 1.29 is 22.0 Å². The average Bonchev–Trinajstić information content (AvgIpc) is 2.84. The summed E-state index contributed by atoms with van der Waals surface area (Å²) in [4.78, 5) is 0. The number of alkyl halides is 3. The lowest BCUT2D eigenvalue weighted by atomic mass is 10.0. The zero-order valence-corrected chi connectivity index (χ0v) is 19.6. The topological polar surface area (TPSA) is 0 Å². The van der Waals surface area contributed by atoms with E-state index < -0.39 is 30.3 Å². The van der Waals surface area contributed by atoms with Gasteiger partial charge in [0.2, 0.25) is 0 Å². The Morgan fingerprint density at radius 2 is 1.20 bits per heavy atom. The Morgan fingerprint density at radius 3 is 1.89 bits per heavy atom. The second kappa shape index (κ2) is 8.35. The molecule has 0 aliphatic carbocycles. The van der Waals surface area contributed by atoms with Gasteiger partial charge in [-0.1, -0.05) is 66.5 Å². The minimum atomic E-state index is -4.69. The van der Waals surface area contributed by atoms with Crippen LogP contribution in [0.1, 0.15) is 11.1 Å². The summed E-state index contributed by atoms with van der Waals surface area (Å²) in [7, 11) is 0. The number of rotatable bonds is 3. The van der Waals surface area contributed by atoms with Crippen molar-refractivity contribution in [1.29, 1.82) is 0 Å². The van der Waals surface area contributed by atoms with Gasteiger partial charge in [0.25, 0.3) is 0 Å². The molecule has 176 valence electrons. The van der Waals surface area contributed by atoms with Crippen LogP contribution in [-0.2, 0) is 6.18 Å². The predicted molar refractivity (Wildman–Crippen MR) is 137 cm³/mol. The Balaban J connectivity index is 1.99. The molecule has 6 heteroatoms. The van der Waals surface area contributed by atoms with Crippen LogP contribution < -0.4 is 15.9 Å². The molecule has 0 bridgehead atoms. The molecule has 5 aromatic carbocycles. The van der Waals surface area contributed by atoms with Crippen molar-refractivity contribution in [2.24, 2.45) is 0 Å². The van der Waals surface area contributed by atoms with Gasteiger partial charge in [-0.05, 0) is 77.1 Å². The molecule has 1 atom stereocenters. The van der Waals surface area contributed by atoms with Crippen molar-refractivity contribution in [3.8, 4) is 0 Å². The van der Waals surface area contributed by atoms with E-state index in [1.54, 1.807) is 25.1 Å². The van der Waals surface area contributed by atoms with E-state index in [9.17, 15) is 13.2 Å². The first-order chi connectivity index (χ1) is 16.6. The van der Waals surface area contributed by atoms with E-state index in [4.69, 9.17) is 0 Å². The third-order valence-electron chi connectivity index (χ3n) is 6.36. The Bertz CT molecular complexity index is 1650. The Labute approximate surface area is 199 Å². The Hall–Kier alpha value is -3.43. The number of halogens is 5. The van der Waals surface area contributed by atoms with E-state index in [1.807, 2.05) is 48.5 Å². The third kappa shape index (κ3) is 3.84. The van der Waals surface area contributed by atoms with Gasteiger partial charge in [0.05, 0.1) is 5.56 Å². The zero-order chi connectivity index (χ0) is 25.0. The van der Waals surface area contributed by atoms with Crippen LogP contribution in [0.5, 0.6) is 0 Å². The van der Waals surface area contributed by atoms with Gasteiger partial charge in [0, 0.05) is 10.6 Å². The van der Waals surface area contributed by atoms with Crippen molar-refractivity contribution in [3.63, 3.8) is 0 Å². The van der Waals surface area contributed by atoms with Crippen LogP contribution in [0.2, 0.25) is 0 Å². The molecule has 35 heavy (non-hydrogen) atoms. The standard InChI is InChI=1S/C29H20F5P/c1-18-11-13-24(30)27(15-18)35(2,28-17-20(29(32,33)34)12-14-25(28)31)26-16-19-7-3-4-8-21(19)22-9-5-6-10-23(22)26/h3-17H,2H2,1H3. The molecule has 0 spiro atoms. The summed E-state index contributed by atoms with van der Waals surface area (Å²) < 4.78 is 72.0. The van der Waals surface area contributed by atoms with E-state index in [0.717, 1.165) is 28.3 Å². The molecule has 0 heterocycles. The van der Waals surface area contributed by atoms with Crippen LogP contribution in [0, 0.1) is 18.6 Å². The molecule has 5 rings (SSSR count). The number of aryl methyl sites for hydroxylation is 1. The SMILES string of the molecule is C=P(c1cc(C)ccc1F)(c1cc(C(F)(F)F)ccc1F)c1cc2ccccc2c2ccccc12.